The van der Waals surface area contributed by atoms with E-state index >= 15 is 0 Å². The Hall–Kier alpha value is -0.120. The van der Waals surface area contributed by atoms with E-state index in [9.17, 15) is 10.2 Å². The highest BCUT2D eigenvalue weighted by molar-refractivity contribution is 5.17. The molecule has 0 aliphatic heterocycles. The van der Waals surface area contributed by atoms with E-state index in [1.807, 2.05) is 13.8 Å². The summed E-state index contributed by atoms with van der Waals surface area (Å²) in [6.07, 6.45) is 2.74. The van der Waals surface area contributed by atoms with E-state index in [2.05, 4.69) is 26.1 Å². The first kappa shape index (κ1) is 14.3. The minimum Gasteiger partial charge on any atom is -0.391 e. The van der Waals surface area contributed by atoms with Crippen molar-refractivity contribution in [3.05, 3.63) is 0 Å². The average molecular weight is 255 g/mol. The molecule has 106 valence electrons. The predicted octanol–water partition coefficient (Wildman–Crippen LogP) is 1.92. The van der Waals surface area contributed by atoms with Crippen LogP contribution in [-0.2, 0) is 0 Å². The number of nitrogens with one attached hydrogen (secondary N) is 1. The van der Waals surface area contributed by atoms with E-state index in [1.54, 1.807) is 0 Å². The largest absolute Gasteiger partial charge is 0.391 e. The molecule has 5 atom stereocenters. The maximum atomic E-state index is 10.6. The molecule has 2 fully saturated rings. The summed E-state index contributed by atoms with van der Waals surface area (Å²) in [5.74, 6) is 0.519. The van der Waals surface area contributed by atoms with E-state index in [0.717, 1.165) is 12.8 Å². The SMILES string of the molecule is CC[C@](C)(O)CN[C@@H]1[C@@H](O)[C@]2(C)CC[C@@H]1C2(C)C. The van der Waals surface area contributed by atoms with Crippen molar-refractivity contribution in [2.24, 2.45) is 16.7 Å². The monoisotopic (exact) mass is 255 g/mol. The maximum absolute atomic E-state index is 10.6. The lowest BCUT2D eigenvalue weighted by molar-refractivity contribution is -0.00750. The standard InChI is InChI=1S/C15H29NO2/c1-6-14(4,18)9-16-11-10-7-8-15(5,12(11)17)13(10,2)3/h10-12,16-18H,6-9H2,1-5H3/t10-,11-,12+,14-,15-/m0/s1. The summed E-state index contributed by atoms with van der Waals surface area (Å²) in [6.45, 7) is 11.2. The molecule has 2 saturated carbocycles. The topological polar surface area (TPSA) is 52.5 Å². The lowest BCUT2D eigenvalue weighted by atomic mass is 9.70. The van der Waals surface area contributed by atoms with Crippen molar-refractivity contribution in [2.45, 2.75) is 71.6 Å². The Morgan fingerprint density at radius 1 is 1.33 bits per heavy atom. The Morgan fingerprint density at radius 2 is 1.94 bits per heavy atom. The second-order valence-corrected chi connectivity index (χ2v) is 7.49. The summed E-state index contributed by atoms with van der Waals surface area (Å²) < 4.78 is 0. The summed E-state index contributed by atoms with van der Waals surface area (Å²) in [4.78, 5) is 0. The summed E-state index contributed by atoms with van der Waals surface area (Å²) in [5, 5.41) is 24.1. The summed E-state index contributed by atoms with van der Waals surface area (Å²) >= 11 is 0. The molecule has 0 unspecified atom stereocenters. The minimum absolute atomic E-state index is 0.0212. The van der Waals surface area contributed by atoms with Crippen molar-refractivity contribution in [3.63, 3.8) is 0 Å². The van der Waals surface area contributed by atoms with Crippen LogP contribution in [0.3, 0.4) is 0 Å². The van der Waals surface area contributed by atoms with Crippen molar-refractivity contribution in [1.29, 1.82) is 0 Å². The third-order valence-electron chi connectivity index (χ3n) is 6.28. The number of rotatable bonds is 4. The summed E-state index contributed by atoms with van der Waals surface area (Å²) in [6, 6.07) is 0.136. The molecular formula is C15H29NO2. The van der Waals surface area contributed by atoms with Crippen LogP contribution in [0.25, 0.3) is 0 Å². The van der Waals surface area contributed by atoms with Gasteiger partial charge in [-0.1, -0.05) is 27.7 Å². The molecule has 0 saturated heterocycles. The highest BCUT2D eigenvalue weighted by Gasteiger charge is 2.65. The zero-order chi connectivity index (χ0) is 13.8. The van der Waals surface area contributed by atoms with Gasteiger partial charge in [0.1, 0.15) is 0 Å². The van der Waals surface area contributed by atoms with Gasteiger partial charge < -0.3 is 15.5 Å². The Kier molecular flexibility index (Phi) is 3.33. The van der Waals surface area contributed by atoms with Crippen LogP contribution in [0.1, 0.15) is 53.9 Å². The molecule has 0 aromatic heterocycles. The molecular weight excluding hydrogens is 226 g/mol. The van der Waals surface area contributed by atoms with Crippen molar-refractivity contribution in [3.8, 4) is 0 Å². The lowest BCUT2D eigenvalue weighted by Crippen LogP contribution is -2.51. The van der Waals surface area contributed by atoms with Gasteiger partial charge in [-0.2, -0.15) is 0 Å². The molecule has 0 heterocycles. The molecule has 18 heavy (non-hydrogen) atoms. The molecule has 0 aromatic rings. The van der Waals surface area contributed by atoms with Crippen LogP contribution in [0.2, 0.25) is 0 Å². The molecule has 0 radical (unpaired) electrons. The number of aliphatic hydroxyl groups excluding tert-OH is 1. The van der Waals surface area contributed by atoms with E-state index in [1.165, 1.54) is 6.42 Å². The number of hydrogen-bond donors (Lipinski definition) is 3. The quantitative estimate of drug-likeness (QED) is 0.719. The van der Waals surface area contributed by atoms with Crippen LogP contribution < -0.4 is 5.32 Å². The zero-order valence-corrected chi connectivity index (χ0v) is 12.5. The van der Waals surface area contributed by atoms with Gasteiger partial charge in [0.2, 0.25) is 0 Å². The maximum Gasteiger partial charge on any atom is 0.0754 e. The van der Waals surface area contributed by atoms with Gasteiger partial charge in [-0.15, -0.1) is 0 Å². The van der Waals surface area contributed by atoms with Gasteiger partial charge in [-0.25, -0.2) is 0 Å². The first-order valence-corrected chi connectivity index (χ1v) is 7.29. The number of hydrogen-bond acceptors (Lipinski definition) is 3. The molecule has 2 bridgehead atoms. The highest BCUT2D eigenvalue weighted by Crippen LogP contribution is 2.65. The third kappa shape index (κ3) is 1.83. The molecule has 3 heteroatoms. The minimum atomic E-state index is -0.674. The normalized spacial score (nSPS) is 45.2. The van der Waals surface area contributed by atoms with Gasteiger partial charge in [-0.3, -0.25) is 0 Å². The fraction of sp³-hybridized carbons (Fsp3) is 1.00. The van der Waals surface area contributed by atoms with Gasteiger partial charge in [-0.05, 0) is 37.5 Å². The summed E-state index contributed by atoms with van der Waals surface area (Å²) in [7, 11) is 0. The van der Waals surface area contributed by atoms with Crippen LogP contribution in [0, 0.1) is 16.7 Å². The fourth-order valence-corrected chi connectivity index (χ4v) is 4.05. The van der Waals surface area contributed by atoms with Crippen LogP contribution in [0.15, 0.2) is 0 Å². The first-order chi connectivity index (χ1) is 8.16. The Bertz CT molecular complexity index is 326. The van der Waals surface area contributed by atoms with Gasteiger partial charge in [0, 0.05) is 18.0 Å². The van der Waals surface area contributed by atoms with E-state index in [0.29, 0.717) is 12.5 Å². The van der Waals surface area contributed by atoms with Crippen LogP contribution in [0.5, 0.6) is 0 Å². The zero-order valence-electron chi connectivity index (χ0n) is 12.5. The van der Waals surface area contributed by atoms with Gasteiger partial charge in [0.25, 0.3) is 0 Å². The Morgan fingerprint density at radius 3 is 2.39 bits per heavy atom. The predicted molar refractivity (Wildman–Crippen MR) is 73.3 cm³/mol. The molecule has 3 N–H and O–H groups in total. The third-order valence-corrected chi connectivity index (χ3v) is 6.28. The molecule has 3 nitrogen and oxygen atoms in total. The van der Waals surface area contributed by atoms with E-state index in [4.69, 9.17) is 0 Å². The first-order valence-electron chi connectivity index (χ1n) is 7.29. The summed E-state index contributed by atoms with van der Waals surface area (Å²) in [5.41, 5.74) is -0.470. The van der Waals surface area contributed by atoms with Crippen LogP contribution >= 0.6 is 0 Å². The Labute approximate surface area is 111 Å². The van der Waals surface area contributed by atoms with Crippen molar-refractivity contribution in [2.75, 3.05) is 6.54 Å². The number of aliphatic hydroxyl groups is 2. The van der Waals surface area contributed by atoms with Crippen molar-refractivity contribution in [1.82, 2.24) is 5.32 Å². The van der Waals surface area contributed by atoms with E-state index in [-0.39, 0.29) is 23.0 Å². The van der Waals surface area contributed by atoms with Gasteiger partial charge in [0.15, 0.2) is 0 Å². The molecule has 2 rings (SSSR count). The molecule has 0 spiro atoms. The van der Waals surface area contributed by atoms with Crippen molar-refractivity contribution >= 4 is 0 Å². The van der Waals surface area contributed by atoms with Gasteiger partial charge >= 0.3 is 0 Å². The second-order valence-electron chi connectivity index (χ2n) is 7.49. The molecule has 0 amide bonds. The lowest BCUT2D eigenvalue weighted by Gasteiger charge is -2.37. The molecule has 2 aliphatic carbocycles. The van der Waals surface area contributed by atoms with Crippen LogP contribution in [0.4, 0.5) is 0 Å². The van der Waals surface area contributed by atoms with Crippen LogP contribution in [-0.4, -0.2) is 34.5 Å². The number of fused-ring (bicyclic) bond motifs is 2. The molecule has 2 aliphatic rings. The Balaban J connectivity index is 2.09. The molecule has 0 aromatic carbocycles. The smallest absolute Gasteiger partial charge is 0.0754 e. The average Bonchev–Trinajstić information content (AvgIpc) is 2.59. The highest BCUT2D eigenvalue weighted by atomic mass is 16.3. The van der Waals surface area contributed by atoms with Crippen molar-refractivity contribution < 1.29 is 10.2 Å². The van der Waals surface area contributed by atoms with Gasteiger partial charge in [0.05, 0.1) is 11.7 Å². The fourth-order valence-electron chi connectivity index (χ4n) is 4.05. The second kappa shape index (κ2) is 4.19. The van der Waals surface area contributed by atoms with E-state index < -0.39 is 5.60 Å².